The van der Waals surface area contributed by atoms with E-state index in [0.29, 0.717) is 22.3 Å². The first-order chi connectivity index (χ1) is 10.0. The largest absolute Gasteiger partial charge is 0.397 e. The Morgan fingerprint density at radius 3 is 2.90 bits per heavy atom. The Morgan fingerprint density at radius 2 is 2.19 bits per heavy atom. The van der Waals surface area contributed by atoms with Crippen LogP contribution in [0.1, 0.15) is 27.1 Å². The van der Waals surface area contributed by atoms with Crippen LogP contribution in [0.5, 0.6) is 0 Å². The van der Waals surface area contributed by atoms with Gasteiger partial charge >= 0.3 is 0 Å². The van der Waals surface area contributed by atoms with Crippen LogP contribution in [0.2, 0.25) is 0 Å². The van der Waals surface area contributed by atoms with Gasteiger partial charge in [0.2, 0.25) is 5.89 Å². The van der Waals surface area contributed by atoms with Gasteiger partial charge in [-0.2, -0.15) is 4.98 Å². The molecule has 3 aromatic rings. The number of pyridine rings is 1. The Kier molecular flexibility index (Phi) is 3.30. The van der Waals surface area contributed by atoms with Gasteiger partial charge in [-0.25, -0.2) is 4.98 Å². The van der Waals surface area contributed by atoms with Crippen molar-refractivity contribution in [1.82, 2.24) is 20.4 Å². The van der Waals surface area contributed by atoms with Gasteiger partial charge in [-0.15, -0.1) is 11.3 Å². The maximum absolute atomic E-state index is 12.2. The molecule has 7 nitrogen and oxygen atoms in total. The van der Waals surface area contributed by atoms with Crippen LogP contribution in [0.3, 0.4) is 0 Å². The van der Waals surface area contributed by atoms with Crippen LogP contribution in [0.4, 0.5) is 5.69 Å². The lowest BCUT2D eigenvalue weighted by atomic mass is 10.2. The van der Waals surface area contributed by atoms with Gasteiger partial charge in [0.15, 0.2) is 5.82 Å². The molecule has 0 saturated carbocycles. The topological polar surface area (TPSA) is 107 Å². The predicted octanol–water partition coefficient (Wildman–Crippen LogP) is 1.81. The fourth-order valence-corrected chi connectivity index (χ4v) is 2.97. The molecule has 0 aliphatic heterocycles. The highest BCUT2D eigenvalue weighted by Crippen LogP contribution is 2.32. The second-order valence-electron chi connectivity index (χ2n) is 4.56. The van der Waals surface area contributed by atoms with Gasteiger partial charge in [0.25, 0.3) is 5.91 Å². The minimum atomic E-state index is -0.268. The average Bonchev–Trinajstić information content (AvgIpc) is 3.00. The Morgan fingerprint density at radius 1 is 1.38 bits per heavy atom. The van der Waals surface area contributed by atoms with Gasteiger partial charge in [0, 0.05) is 18.0 Å². The molecular formula is C13H13N5O2S. The van der Waals surface area contributed by atoms with Crippen LogP contribution < -0.4 is 11.1 Å². The highest BCUT2D eigenvalue weighted by molar-refractivity contribution is 7.21. The predicted molar refractivity (Wildman–Crippen MR) is 79.0 cm³/mol. The van der Waals surface area contributed by atoms with Crippen molar-refractivity contribution in [2.45, 2.75) is 20.4 Å². The summed E-state index contributed by atoms with van der Waals surface area (Å²) < 4.78 is 4.84. The van der Waals surface area contributed by atoms with E-state index in [0.717, 1.165) is 15.9 Å². The van der Waals surface area contributed by atoms with Crippen molar-refractivity contribution in [1.29, 1.82) is 0 Å². The number of amides is 1. The molecule has 8 heteroatoms. The third kappa shape index (κ3) is 2.57. The van der Waals surface area contributed by atoms with Crippen LogP contribution in [-0.4, -0.2) is 21.0 Å². The summed E-state index contributed by atoms with van der Waals surface area (Å²) in [5, 5.41) is 7.24. The first-order valence-electron chi connectivity index (χ1n) is 6.27. The number of hydrogen-bond donors (Lipinski definition) is 2. The number of carbonyl (C=O) groups is 1. The zero-order valence-corrected chi connectivity index (χ0v) is 12.3. The van der Waals surface area contributed by atoms with Gasteiger partial charge in [-0.1, -0.05) is 5.16 Å². The van der Waals surface area contributed by atoms with Crippen molar-refractivity contribution in [2.75, 3.05) is 5.73 Å². The van der Waals surface area contributed by atoms with E-state index in [-0.39, 0.29) is 12.5 Å². The molecule has 3 heterocycles. The van der Waals surface area contributed by atoms with E-state index in [1.165, 1.54) is 11.3 Å². The molecule has 0 fully saturated rings. The van der Waals surface area contributed by atoms with Gasteiger partial charge < -0.3 is 15.6 Å². The van der Waals surface area contributed by atoms with E-state index in [1.54, 1.807) is 6.92 Å². The molecule has 0 aromatic carbocycles. The summed E-state index contributed by atoms with van der Waals surface area (Å²) in [7, 11) is 0. The van der Waals surface area contributed by atoms with Gasteiger partial charge in [0.1, 0.15) is 9.71 Å². The number of hydrogen-bond acceptors (Lipinski definition) is 7. The highest BCUT2D eigenvalue weighted by Gasteiger charge is 2.17. The third-order valence-electron chi connectivity index (χ3n) is 2.92. The number of anilines is 1. The molecule has 0 saturated heterocycles. The number of aryl methyl sites for hydroxylation is 2. The third-order valence-corrected chi connectivity index (χ3v) is 4.03. The molecule has 3 aromatic heterocycles. The Labute approximate surface area is 124 Å². The maximum Gasteiger partial charge on any atom is 0.263 e. The van der Waals surface area contributed by atoms with Crippen LogP contribution in [0.15, 0.2) is 16.7 Å². The van der Waals surface area contributed by atoms with Crippen LogP contribution >= 0.6 is 11.3 Å². The zero-order valence-electron chi connectivity index (χ0n) is 11.5. The van der Waals surface area contributed by atoms with E-state index in [1.807, 2.05) is 19.1 Å². The lowest BCUT2D eigenvalue weighted by Crippen LogP contribution is -2.23. The molecule has 0 spiro atoms. The minimum absolute atomic E-state index is 0.191. The van der Waals surface area contributed by atoms with E-state index in [9.17, 15) is 4.79 Å². The Hall–Kier alpha value is -2.48. The van der Waals surface area contributed by atoms with Crippen LogP contribution in [-0.2, 0) is 6.54 Å². The fraction of sp³-hybridized carbons (Fsp3) is 0.231. The summed E-state index contributed by atoms with van der Waals surface area (Å²) in [5.41, 5.74) is 7.36. The number of rotatable bonds is 3. The summed E-state index contributed by atoms with van der Waals surface area (Å²) in [5.74, 6) is 0.616. The second kappa shape index (κ2) is 5.13. The average molecular weight is 303 g/mol. The first kappa shape index (κ1) is 13.5. The molecule has 0 aliphatic carbocycles. The summed E-state index contributed by atoms with van der Waals surface area (Å²) in [4.78, 5) is 21.8. The number of nitrogens with zero attached hydrogens (tertiary/aromatic N) is 3. The maximum atomic E-state index is 12.2. The monoisotopic (exact) mass is 303 g/mol. The molecule has 21 heavy (non-hydrogen) atoms. The van der Waals surface area contributed by atoms with E-state index in [2.05, 4.69) is 20.4 Å². The SMILES string of the molecule is Cc1ccc2c(N)c(C(=O)NCc3noc(C)n3)sc2n1. The summed E-state index contributed by atoms with van der Waals surface area (Å²) >= 11 is 1.27. The van der Waals surface area contributed by atoms with Crippen LogP contribution in [0.25, 0.3) is 10.2 Å². The first-order valence-corrected chi connectivity index (χ1v) is 7.09. The highest BCUT2D eigenvalue weighted by atomic mass is 32.1. The second-order valence-corrected chi connectivity index (χ2v) is 5.56. The summed E-state index contributed by atoms with van der Waals surface area (Å²) in [6.45, 7) is 3.78. The molecule has 3 rings (SSSR count). The normalized spacial score (nSPS) is 11.0. The minimum Gasteiger partial charge on any atom is -0.397 e. The van der Waals surface area contributed by atoms with Crippen molar-refractivity contribution < 1.29 is 9.32 Å². The van der Waals surface area contributed by atoms with Gasteiger partial charge in [-0.3, -0.25) is 4.79 Å². The smallest absolute Gasteiger partial charge is 0.263 e. The number of nitrogen functional groups attached to an aromatic ring is 1. The number of aromatic nitrogens is 3. The standard InChI is InChI=1S/C13H13N5O2S/c1-6-3-4-8-10(14)11(21-13(8)16-6)12(19)15-5-9-17-7(2)20-18-9/h3-4H,5,14H2,1-2H3,(H,15,19). The van der Waals surface area contributed by atoms with E-state index in [4.69, 9.17) is 10.3 Å². The van der Waals surface area contributed by atoms with Crippen LogP contribution in [0, 0.1) is 13.8 Å². The number of carbonyl (C=O) groups excluding carboxylic acids is 1. The zero-order chi connectivity index (χ0) is 15.0. The van der Waals surface area contributed by atoms with Gasteiger partial charge in [0.05, 0.1) is 12.2 Å². The van der Waals surface area contributed by atoms with E-state index < -0.39 is 0 Å². The van der Waals surface area contributed by atoms with Gasteiger partial charge in [-0.05, 0) is 19.1 Å². The molecule has 3 N–H and O–H groups in total. The van der Waals surface area contributed by atoms with Crippen molar-refractivity contribution in [3.8, 4) is 0 Å². The lowest BCUT2D eigenvalue weighted by molar-refractivity contribution is 0.0954. The van der Waals surface area contributed by atoms with Crippen molar-refractivity contribution in [3.05, 3.63) is 34.4 Å². The number of fused-ring (bicyclic) bond motifs is 1. The van der Waals surface area contributed by atoms with E-state index >= 15 is 0 Å². The summed E-state index contributed by atoms with van der Waals surface area (Å²) in [6.07, 6.45) is 0. The molecule has 0 aliphatic rings. The molecule has 0 atom stereocenters. The Balaban J connectivity index is 1.82. The molecule has 0 bridgehead atoms. The lowest BCUT2D eigenvalue weighted by Gasteiger charge is -2.00. The molecule has 0 radical (unpaired) electrons. The fourth-order valence-electron chi connectivity index (χ4n) is 1.91. The molecule has 108 valence electrons. The molecule has 1 amide bonds. The Bertz CT molecular complexity index is 823. The number of thiophene rings is 1. The molecular weight excluding hydrogens is 290 g/mol. The quantitative estimate of drug-likeness (QED) is 0.764. The number of nitrogens with two attached hydrogens (primary N) is 1. The van der Waals surface area contributed by atoms with Crippen molar-refractivity contribution in [3.63, 3.8) is 0 Å². The van der Waals surface area contributed by atoms with Crippen molar-refractivity contribution >= 4 is 33.1 Å². The summed E-state index contributed by atoms with van der Waals surface area (Å²) in [6, 6.07) is 3.75. The number of nitrogens with one attached hydrogen (secondary N) is 1. The van der Waals surface area contributed by atoms with Crippen molar-refractivity contribution in [2.24, 2.45) is 0 Å². The molecule has 0 unspecified atom stereocenters.